The zero-order valence-corrected chi connectivity index (χ0v) is 11.6. The highest BCUT2D eigenvalue weighted by Gasteiger charge is 2.21. The Hall–Kier alpha value is -1.54. The van der Waals surface area contributed by atoms with E-state index in [0.717, 1.165) is 19.3 Å². The van der Waals surface area contributed by atoms with Crippen LogP contribution < -0.4 is 5.73 Å². The molecule has 0 fully saturated rings. The summed E-state index contributed by atoms with van der Waals surface area (Å²) in [7, 11) is 0. The van der Waals surface area contributed by atoms with Crippen molar-refractivity contribution in [3.05, 3.63) is 53.3 Å². The molecule has 2 aromatic rings. The third-order valence-corrected chi connectivity index (χ3v) is 4.13. The van der Waals surface area contributed by atoms with E-state index in [-0.39, 0.29) is 6.04 Å². The van der Waals surface area contributed by atoms with Crippen molar-refractivity contribution < 1.29 is 0 Å². The Morgan fingerprint density at radius 2 is 2.11 bits per heavy atom. The number of aromatic nitrogens is 1. The van der Waals surface area contributed by atoms with Crippen molar-refractivity contribution in [3.63, 3.8) is 0 Å². The fourth-order valence-corrected chi connectivity index (χ4v) is 3.18. The molecule has 3 rings (SSSR count). The standard InChI is InChI=1S/C17H22N2/c1-2-6-13-7-3-4-9-16(13)19-12-11-14-15(18)8-5-10-17(14)19/h3-4,7,9,11-12,15H,2,5-6,8,10,18H2,1H3. The molecule has 0 saturated carbocycles. The molecule has 1 aromatic carbocycles. The maximum absolute atomic E-state index is 6.22. The highest BCUT2D eigenvalue weighted by atomic mass is 15.0. The molecule has 0 saturated heterocycles. The summed E-state index contributed by atoms with van der Waals surface area (Å²) in [4.78, 5) is 0. The van der Waals surface area contributed by atoms with Gasteiger partial charge in [0, 0.05) is 23.6 Å². The Morgan fingerprint density at radius 3 is 2.95 bits per heavy atom. The van der Waals surface area contributed by atoms with Gasteiger partial charge in [0.1, 0.15) is 0 Å². The number of benzene rings is 1. The van der Waals surface area contributed by atoms with Gasteiger partial charge in [0.2, 0.25) is 0 Å². The number of aryl methyl sites for hydroxylation is 1. The molecule has 2 N–H and O–H groups in total. The normalized spacial score (nSPS) is 18.3. The van der Waals surface area contributed by atoms with Crippen LogP contribution in [0, 0.1) is 0 Å². The van der Waals surface area contributed by atoms with Gasteiger partial charge in [0.05, 0.1) is 0 Å². The quantitative estimate of drug-likeness (QED) is 0.888. The first-order valence-corrected chi connectivity index (χ1v) is 7.35. The number of para-hydroxylation sites is 1. The maximum atomic E-state index is 6.22. The largest absolute Gasteiger partial charge is 0.324 e. The third kappa shape index (κ3) is 2.21. The summed E-state index contributed by atoms with van der Waals surface area (Å²) < 4.78 is 2.36. The van der Waals surface area contributed by atoms with E-state index < -0.39 is 0 Å². The fourth-order valence-electron chi connectivity index (χ4n) is 3.18. The van der Waals surface area contributed by atoms with E-state index in [9.17, 15) is 0 Å². The Balaban J connectivity index is 2.08. The molecule has 1 heterocycles. The van der Waals surface area contributed by atoms with Crippen LogP contribution in [0.25, 0.3) is 5.69 Å². The molecule has 19 heavy (non-hydrogen) atoms. The zero-order valence-electron chi connectivity index (χ0n) is 11.6. The van der Waals surface area contributed by atoms with Gasteiger partial charge in [-0.25, -0.2) is 0 Å². The van der Waals surface area contributed by atoms with E-state index in [1.165, 1.54) is 35.3 Å². The highest BCUT2D eigenvalue weighted by Crippen LogP contribution is 2.31. The van der Waals surface area contributed by atoms with Gasteiger partial charge in [-0.2, -0.15) is 0 Å². The van der Waals surface area contributed by atoms with Gasteiger partial charge in [-0.1, -0.05) is 31.5 Å². The molecular weight excluding hydrogens is 232 g/mol. The minimum Gasteiger partial charge on any atom is -0.324 e. The van der Waals surface area contributed by atoms with Crippen molar-refractivity contribution in [2.45, 2.75) is 45.1 Å². The summed E-state index contributed by atoms with van der Waals surface area (Å²) in [5, 5.41) is 0. The molecule has 100 valence electrons. The van der Waals surface area contributed by atoms with Crippen molar-refractivity contribution in [2.24, 2.45) is 5.73 Å². The lowest BCUT2D eigenvalue weighted by atomic mass is 9.93. The molecule has 0 radical (unpaired) electrons. The summed E-state index contributed by atoms with van der Waals surface area (Å²) in [6, 6.07) is 11.2. The first-order chi connectivity index (χ1) is 9.31. The van der Waals surface area contributed by atoms with Crippen molar-refractivity contribution in [3.8, 4) is 5.69 Å². The van der Waals surface area contributed by atoms with Gasteiger partial charge in [0.25, 0.3) is 0 Å². The number of nitrogens with zero attached hydrogens (tertiary/aromatic N) is 1. The van der Waals surface area contributed by atoms with Gasteiger partial charge in [0.15, 0.2) is 0 Å². The Labute approximate surface area is 115 Å². The molecule has 2 heteroatoms. The topological polar surface area (TPSA) is 30.9 Å². The number of nitrogens with two attached hydrogens (primary N) is 1. The number of fused-ring (bicyclic) bond motifs is 1. The molecule has 1 unspecified atom stereocenters. The van der Waals surface area contributed by atoms with Crippen molar-refractivity contribution in [2.75, 3.05) is 0 Å². The van der Waals surface area contributed by atoms with E-state index in [2.05, 4.69) is 48.0 Å². The fraction of sp³-hybridized carbons (Fsp3) is 0.412. The molecule has 1 aromatic heterocycles. The summed E-state index contributed by atoms with van der Waals surface area (Å²) in [5.74, 6) is 0. The SMILES string of the molecule is CCCc1ccccc1-n1ccc2c1CCCC2N. The van der Waals surface area contributed by atoms with Crippen molar-refractivity contribution in [1.82, 2.24) is 4.57 Å². The average molecular weight is 254 g/mol. The summed E-state index contributed by atoms with van der Waals surface area (Å²) in [6.45, 7) is 2.23. The molecule has 0 aliphatic heterocycles. The summed E-state index contributed by atoms with van der Waals surface area (Å²) >= 11 is 0. The molecule has 1 aliphatic rings. The first-order valence-electron chi connectivity index (χ1n) is 7.35. The molecule has 1 atom stereocenters. The van der Waals surface area contributed by atoms with Crippen LogP contribution in [-0.4, -0.2) is 4.57 Å². The predicted molar refractivity (Wildman–Crippen MR) is 79.6 cm³/mol. The highest BCUT2D eigenvalue weighted by molar-refractivity contribution is 5.46. The second-order valence-electron chi connectivity index (χ2n) is 5.47. The summed E-state index contributed by atoms with van der Waals surface area (Å²) in [6.07, 6.45) is 7.98. The van der Waals surface area contributed by atoms with Crippen LogP contribution in [0.3, 0.4) is 0 Å². The maximum Gasteiger partial charge on any atom is 0.0484 e. The van der Waals surface area contributed by atoms with Crippen LogP contribution in [0.15, 0.2) is 36.5 Å². The molecular formula is C17H22N2. The Bertz CT molecular complexity index is 568. The Morgan fingerprint density at radius 1 is 1.26 bits per heavy atom. The number of hydrogen-bond acceptors (Lipinski definition) is 1. The van der Waals surface area contributed by atoms with Crippen LogP contribution in [0.1, 0.15) is 49.0 Å². The van der Waals surface area contributed by atoms with Gasteiger partial charge in [-0.05, 0) is 48.9 Å². The van der Waals surface area contributed by atoms with Crippen LogP contribution in [0.4, 0.5) is 0 Å². The molecule has 1 aliphatic carbocycles. The van der Waals surface area contributed by atoms with Crippen LogP contribution in [0.2, 0.25) is 0 Å². The van der Waals surface area contributed by atoms with E-state index in [1.54, 1.807) is 0 Å². The smallest absolute Gasteiger partial charge is 0.0484 e. The van der Waals surface area contributed by atoms with Crippen LogP contribution in [-0.2, 0) is 12.8 Å². The molecule has 0 spiro atoms. The molecule has 0 amide bonds. The lowest BCUT2D eigenvalue weighted by molar-refractivity contribution is 0.560. The van der Waals surface area contributed by atoms with Gasteiger partial charge >= 0.3 is 0 Å². The molecule has 2 nitrogen and oxygen atoms in total. The molecule has 0 bridgehead atoms. The van der Waals surface area contributed by atoms with E-state index in [4.69, 9.17) is 5.73 Å². The first kappa shape index (κ1) is 12.5. The van der Waals surface area contributed by atoms with E-state index in [1.807, 2.05) is 0 Å². The lowest BCUT2D eigenvalue weighted by Crippen LogP contribution is -2.18. The number of hydrogen-bond donors (Lipinski definition) is 1. The lowest BCUT2D eigenvalue weighted by Gasteiger charge is -2.22. The second kappa shape index (κ2) is 5.22. The van der Waals surface area contributed by atoms with Crippen molar-refractivity contribution >= 4 is 0 Å². The predicted octanol–water partition coefficient (Wildman–Crippen LogP) is 3.77. The van der Waals surface area contributed by atoms with Gasteiger partial charge in [-0.3, -0.25) is 0 Å². The monoisotopic (exact) mass is 254 g/mol. The van der Waals surface area contributed by atoms with E-state index >= 15 is 0 Å². The Kier molecular flexibility index (Phi) is 3.43. The minimum absolute atomic E-state index is 0.225. The third-order valence-electron chi connectivity index (χ3n) is 4.13. The van der Waals surface area contributed by atoms with Crippen LogP contribution in [0.5, 0.6) is 0 Å². The summed E-state index contributed by atoms with van der Waals surface area (Å²) in [5.41, 5.74) is 11.8. The zero-order chi connectivity index (χ0) is 13.2. The number of rotatable bonds is 3. The second-order valence-corrected chi connectivity index (χ2v) is 5.47. The average Bonchev–Trinajstić information content (AvgIpc) is 2.85. The minimum atomic E-state index is 0.225. The van der Waals surface area contributed by atoms with E-state index in [0.29, 0.717) is 0 Å². The van der Waals surface area contributed by atoms with Crippen molar-refractivity contribution in [1.29, 1.82) is 0 Å². The van der Waals surface area contributed by atoms with Gasteiger partial charge in [-0.15, -0.1) is 0 Å². The van der Waals surface area contributed by atoms with Gasteiger partial charge < -0.3 is 10.3 Å². The van der Waals surface area contributed by atoms with Crippen LogP contribution >= 0.6 is 0 Å².